The summed E-state index contributed by atoms with van der Waals surface area (Å²) in [5.41, 5.74) is 2.41. The van der Waals surface area contributed by atoms with Crippen molar-refractivity contribution < 1.29 is 14.3 Å². The molecule has 1 aliphatic rings. The molecule has 0 saturated carbocycles. The molecule has 0 aliphatic carbocycles. The summed E-state index contributed by atoms with van der Waals surface area (Å²) >= 11 is 0. The minimum Gasteiger partial charge on any atom is -0.453 e. The summed E-state index contributed by atoms with van der Waals surface area (Å²) in [4.78, 5) is 25.1. The van der Waals surface area contributed by atoms with E-state index >= 15 is 0 Å². The van der Waals surface area contributed by atoms with Gasteiger partial charge in [0, 0.05) is 25.6 Å². The Bertz CT molecular complexity index is 522. The number of hydrogen-bond acceptors (Lipinski definition) is 3. The predicted octanol–water partition coefficient (Wildman–Crippen LogP) is 2.27. The molecule has 0 spiro atoms. The monoisotopic (exact) mass is 304 g/mol. The van der Waals surface area contributed by atoms with Gasteiger partial charge in [-0.05, 0) is 31.7 Å². The second-order valence-electron chi connectivity index (χ2n) is 5.79. The number of amides is 2. The number of benzene rings is 1. The Morgan fingerprint density at radius 2 is 2.05 bits per heavy atom. The fourth-order valence-corrected chi connectivity index (χ4v) is 2.76. The molecule has 2 amide bonds. The van der Waals surface area contributed by atoms with Gasteiger partial charge in [0.05, 0.1) is 7.11 Å². The lowest BCUT2D eigenvalue weighted by Gasteiger charge is -2.31. The number of rotatable bonds is 4. The highest BCUT2D eigenvalue weighted by Crippen LogP contribution is 2.12. The Morgan fingerprint density at radius 3 is 2.68 bits per heavy atom. The second kappa shape index (κ2) is 7.82. The van der Waals surface area contributed by atoms with Crippen LogP contribution in [-0.4, -0.2) is 43.1 Å². The molecule has 1 aromatic carbocycles. The van der Waals surface area contributed by atoms with Crippen molar-refractivity contribution >= 4 is 12.0 Å². The van der Waals surface area contributed by atoms with Gasteiger partial charge in [-0.15, -0.1) is 0 Å². The summed E-state index contributed by atoms with van der Waals surface area (Å²) in [6.07, 6.45) is 2.54. The van der Waals surface area contributed by atoms with Crippen LogP contribution in [0.2, 0.25) is 0 Å². The van der Waals surface area contributed by atoms with Crippen LogP contribution in [0.15, 0.2) is 24.3 Å². The van der Waals surface area contributed by atoms with Gasteiger partial charge in [0.1, 0.15) is 0 Å². The fourth-order valence-electron chi connectivity index (χ4n) is 2.76. The molecule has 1 saturated heterocycles. The van der Waals surface area contributed by atoms with Gasteiger partial charge in [-0.2, -0.15) is 0 Å². The number of methoxy groups -OCH3 is 1. The first-order chi connectivity index (χ1) is 10.6. The number of nitrogens with zero attached hydrogens (tertiary/aromatic N) is 1. The Hall–Kier alpha value is -2.04. The molecule has 22 heavy (non-hydrogen) atoms. The Labute approximate surface area is 131 Å². The Balaban J connectivity index is 1.71. The first kappa shape index (κ1) is 16.3. The van der Waals surface area contributed by atoms with Gasteiger partial charge in [-0.1, -0.05) is 29.8 Å². The van der Waals surface area contributed by atoms with Crippen molar-refractivity contribution in [3.05, 3.63) is 35.4 Å². The van der Waals surface area contributed by atoms with Crippen molar-refractivity contribution in [3.63, 3.8) is 0 Å². The predicted molar refractivity (Wildman–Crippen MR) is 84.6 cm³/mol. The van der Waals surface area contributed by atoms with E-state index in [0.717, 1.165) is 19.3 Å². The van der Waals surface area contributed by atoms with Crippen LogP contribution in [0.5, 0.6) is 0 Å². The molecule has 5 heteroatoms. The molecule has 5 nitrogen and oxygen atoms in total. The van der Waals surface area contributed by atoms with Crippen LogP contribution in [0.3, 0.4) is 0 Å². The van der Waals surface area contributed by atoms with E-state index in [2.05, 4.69) is 30.4 Å². The van der Waals surface area contributed by atoms with Gasteiger partial charge in [-0.25, -0.2) is 4.79 Å². The van der Waals surface area contributed by atoms with E-state index in [1.807, 2.05) is 6.07 Å². The normalized spacial score (nSPS) is 15.5. The molecule has 1 aromatic rings. The van der Waals surface area contributed by atoms with Crippen molar-refractivity contribution in [1.29, 1.82) is 0 Å². The maximum Gasteiger partial charge on any atom is 0.409 e. The third kappa shape index (κ3) is 4.76. The van der Waals surface area contributed by atoms with Crippen LogP contribution in [0.25, 0.3) is 0 Å². The first-order valence-electron chi connectivity index (χ1n) is 7.76. The molecule has 1 heterocycles. The summed E-state index contributed by atoms with van der Waals surface area (Å²) in [6.45, 7) is 3.32. The molecule has 1 N–H and O–H groups in total. The standard InChI is InChI=1S/C17H24N2O3/c1-13-4-3-5-14(12-13)6-7-16(20)18-15-8-10-19(11-9-15)17(21)22-2/h3-5,12,15H,6-11H2,1-2H3,(H,18,20). The lowest BCUT2D eigenvalue weighted by Crippen LogP contribution is -2.46. The van der Waals surface area contributed by atoms with E-state index < -0.39 is 0 Å². The highest BCUT2D eigenvalue weighted by molar-refractivity contribution is 5.76. The second-order valence-corrected chi connectivity index (χ2v) is 5.79. The number of piperidine rings is 1. The third-order valence-corrected chi connectivity index (χ3v) is 4.02. The zero-order chi connectivity index (χ0) is 15.9. The number of carbonyl (C=O) groups excluding carboxylic acids is 2. The van der Waals surface area contributed by atoms with Crippen molar-refractivity contribution in [2.45, 2.75) is 38.6 Å². The van der Waals surface area contributed by atoms with Gasteiger partial charge in [0.15, 0.2) is 0 Å². The van der Waals surface area contributed by atoms with E-state index in [4.69, 9.17) is 4.74 Å². The molecule has 2 rings (SSSR count). The van der Waals surface area contributed by atoms with E-state index in [9.17, 15) is 9.59 Å². The van der Waals surface area contributed by atoms with Crippen molar-refractivity contribution in [2.75, 3.05) is 20.2 Å². The Kier molecular flexibility index (Phi) is 5.81. The zero-order valence-electron chi connectivity index (χ0n) is 13.3. The molecule has 0 bridgehead atoms. The molecule has 0 aromatic heterocycles. The number of carbonyl (C=O) groups is 2. The first-order valence-corrected chi connectivity index (χ1v) is 7.76. The van der Waals surface area contributed by atoms with E-state index in [1.165, 1.54) is 18.2 Å². The lowest BCUT2D eigenvalue weighted by atomic mass is 10.0. The SMILES string of the molecule is COC(=O)N1CCC(NC(=O)CCc2cccc(C)c2)CC1. The molecule has 0 atom stereocenters. The van der Waals surface area contributed by atoms with Crippen LogP contribution in [0.4, 0.5) is 4.79 Å². The topological polar surface area (TPSA) is 58.6 Å². The smallest absolute Gasteiger partial charge is 0.409 e. The van der Waals surface area contributed by atoms with Crippen LogP contribution in [0, 0.1) is 6.92 Å². The van der Waals surface area contributed by atoms with E-state index in [-0.39, 0.29) is 18.0 Å². The van der Waals surface area contributed by atoms with Gasteiger partial charge < -0.3 is 15.0 Å². The fraction of sp³-hybridized carbons (Fsp3) is 0.529. The molecule has 1 fully saturated rings. The molecular formula is C17H24N2O3. The highest BCUT2D eigenvalue weighted by atomic mass is 16.5. The van der Waals surface area contributed by atoms with Crippen LogP contribution < -0.4 is 5.32 Å². The van der Waals surface area contributed by atoms with Gasteiger partial charge in [0.25, 0.3) is 0 Å². The molecule has 120 valence electrons. The van der Waals surface area contributed by atoms with Crippen molar-refractivity contribution in [2.24, 2.45) is 0 Å². The molecule has 0 unspecified atom stereocenters. The summed E-state index contributed by atoms with van der Waals surface area (Å²) < 4.78 is 4.70. The number of nitrogens with one attached hydrogen (secondary N) is 1. The molecular weight excluding hydrogens is 280 g/mol. The van der Waals surface area contributed by atoms with Crippen molar-refractivity contribution in [1.82, 2.24) is 10.2 Å². The average Bonchev–Trinajstić information content (AvgIpc) is 2.53. The maximum atomic E-state index is 12.0. The summed E-state index contributed by atoms with van der Waals surface area (Å²) in [7, 11) is 1.39. The summed E-state index contributed by atoms with van der Waals surface area (Å²) in [5.74, 6) is 0.0815. The van der Waals surface area contributed by atoms with E-state index in [1.54, 1.807) is 4.90 Å². The van der Waals surface area contributed by atoms with Crippen LogP contribution in [-0.2, 0) is 16.0 Å². The average molecular weight is 304 g/mol. The largest absolute Gasteiger partial charge is 0.453 e. The molecule has 1 aliphatic heterocycles. The van der Waals surface area contributed by atoms with Crippen molar-refractivity contribution in [3.8, 4) is 0 Å². The number of ether oxygens (including phenoxy) is 1. The minimum absolute atomic E-state index is 0.0815. The van der Waals surface area contributed by atoms with Crippen LogP contribution >= 0.6 is 0 Å². The number of likely N-dealkylation sites (tertiary alicyclic amines) is 1. The van der Waals surface area contributed by atoms with Gasteiger partial charge in [0.2, 0.25) is 5.91 Å². The quantitative estimate of drug-likeness (QED) is 0.928. The summed E-state index contributed by atoms with van der Waals surface area (Å²) in [5, 5.41) is 3.06. The van der Waals surface area contributed by atoms with Crippen LogP contribution in [0.1, 0.15) is 30.4 Å². The van der Waals surface area contributed by atoms with E-state index in [0.29, 0.717) is 19.5 Å². The minimum atomic E-state index is -0.288. The number of aryl methyl sites for hydroxylation is 2. The zero-order valence-corrected chi connectivity index (χ0v) is 13.3. The number of hydrogen-bond donors (Lipinski definition) is 1. The van der Waals surface area contributed by atoms with Gasteiger partial charge in [-0.3, -0.25) is 4.79 Å². The highest BCUT2D eigenvalue weighted by Gasteiger charge is 2.23. The van der Waals surface area contributed by atoms with Gasteiger partial charge >= 0.3 is 6.09 Å². The summed E-state index contributed by atoms with van der Waals surface area (Å²) in [6, 6.07) is 8.40. The Morgan fingerprint density at radius 1 is 1.32 bits per heavy atom. The maximum absolute atomic E-state index is 12.0. The molecule has 0 radical (unpaired) electrons. The third-order valence-electron chi connectivity index (χ3n) is 4.02. The lowest BCUT2D eigenvalue weighted by molar-refractivity contribution is -0.122.